The number of ether oxygens (including phenoxy) is 1. The topological polar surface area (TPSA) is 29.5 Å². The second-order valence-electron chi connectivity index (χ2n) is 8.23. The number of methoxy groups -OCH3 is 1. The van der Waals surface area contributed by atoms with Crippen molar-refractivity contribution in [1.82, 2.24) is 4.90 Å². The predicted octanol–water partition coefficient (Wildman–Crippen LogP) is 2.97. The third-order valence-corrected chi connectivity index (χ3v) is 8.01. The van der Waals surface area contributed by atoms with Gasteiger partial charge in [-0.2, -0.15) is 0 Å². The first-order valence-electron chi connectivity index (χ1n) is 8.73. The number of benzene rings is 1. The molecule has 3 nitrogen and oxygen atoms in total. The van der Waals surface area contributed by atoms with Crippen molar-refractivity contribution in [1.29, 1.82) is 0 Å². The summed E-state index contributed by atoms with van der Waals surface area (Å²) in [6, 6.07) is 10.1. The summed E-state index contributed by atoms with van der Waals surface area (Å²) in [5, 5.41) is 1.48. The molecule has 0 saturated carbocycles. The Labute approximate surface area is 141 Å². The molecule has 0 aromatic heterocycles. The number of piperidine rings is 1. The smallest absolute Gasteiger partial charge is 0.310 e. The maximum Gasteiger partial charge on any atom is 0.310 e. The normalized spacial score (nSPS) is 31.2. The Morgan fingerprint density at radius 3 is 2.39 bits per heavy atom. The van der Waals surface area contributed by atoms with E-state index in [0.717, 1.165) is 12.8 Å². The van der Waals surface area contributed by atoms with Gasteiger partial charge in [0, 0.05) is 18.0 Å². The van der Waals surface area contributed by atoms with E-state index in [1.165, 1.54) is 24.3 Å². The van der Waals surface area contributed by atoms with Gasteiger partial charge in [0.15, 0.2) is 0 Å². The molecule has 4 atom stereocenters. The average Bonchev–Trinajstić information content (AvgIpc) is 2.75. The molecule has 2 aliphatic rings. The fourth-order valence-electron chi connectivity index (χ4n) is 4.50. The van der Waals surface area contributed by atoms with E-state index in [2.05, 4.69) is 55.9 Å². The quantitative estimate of drug-likeness (QED) is 0.630. The lowest BCUT2D eigenvalue weighted by atomic mass is 9.76. The van der Waals surface area contributed by atoms with Gasteiger partial charge in [-0.05, 0) is 31.9 Å². The van der Waals surface area contributed by atoms with Crippen LogP contribution in [0, 0.1) is 5.92 Å². The minimum atomic E-state index is -1.28. The van der Waals surface area contributed by atoms with Gasteiger partial charge in [0.25, 0.3) is 0 Å². The second-order valence-corrected chi connectivity index (χ2v) is 13.3. The highest BCUT2D eigenvalue weighted by atomic mass is 28.3. The molecule has 2 saturated heterocycles. The molecular weight excluding hydrogens is 302 g/mol. The molecule has 1 unspecified atom stereocenters. The molecule has 126 valence electrons. The summed E-state index contributed by atoms with van der Waals surface area (Å²) < 4.78 is 5.16. The number of hydrogen-bond donors (Lipinski definition) is 0. The molecule has 1 aromatic carbocycles. The maximum atomic E-state index is 12.5. The number of rotatable bonds is 3. The van der Waals surface area contributed by atoms with Crippen molar-refractivity contribution in [2.24, 2.45) is 5.92 Å². The van der Waals surface area contributed by atoms with Crippen LogP contribution >= 0.6 is 0 Å². The van der Waals surface area contributed by atoms with E-state index in [9.17, 15) is 4.79 Å². The predicted molar refractivity (Wildman–Crippen MR) is 96.9 cm³/mol. The van der Waals surface area contributed by atoms with E-state index in [4.69, 9.17) is 4.74 Å². The summed E-state index contributed by atoms with van der Waals surface area (Å²) >= 11 is 0. The van der Waals surface area contributed by atoms with Crippen LogP contribution in [-0.2, 0) is 9.53 Å². The molecule has 2 bridgehead atoms. The molecule has 0 aliphatic carbocycles. The highest BCUT2D eigenvalue weighted by Crippen LogP contribution is 2.46. The molecular formula is C19H29NO2Si. The van der Waals surface area contributed by atoms with Crippen molar-refractivity contribution in [3.8, 4) is 0 Å². The first kappa shape index (κ1) is 16.7. The molecule has 0 N–H and O–H groups in total. The van der Waals surface area contributed by atoms with E-state index >= 15 is 0 Å². The highest BCUT2D eigenvalue weighted by Gasteiger charge is 2.49. The van der Waals surface area contributed by atoms with Crippen LogP contribution in [0.5, 0.6) is 0 Å². The van der Waals surface area contributed by atoms with Gasteiger partial charge < -0.3 is 4.74 Å². The number of nitrogens with zero attached hydrogens (tertiary/aromatic N) is 1. The Morgan fingerprint density at radius 2 is 1.83 bits per heavy atom. The average molecular weight is 332 g/mol. The molecule has 2 aliphatic heterocycles. The van der Waals surface area contributed by atoms with Crippen molar-refractivity contribution in [2.75, 3.05) is 14.2 Å². The van der Waals surface area contributed by atoms with E-state index in [0.29, 0.717) is 18.0 Å². The number of carbonyl (C=O) groups is 1. The van der Waals surface area contributed by atoms with E-state index in [1.807, 2.05) is 0 Å². The summed E-state index contributed by atoms with van der Waals surface area (Å²) in [5.41, 5.74) is 1.31. The van der Waals surface area contributed by atoms with Crippen LogP contribution in [0.25, 0.3) is 0 Å². The van der Waals surface area contributed by atoms with Crippen molar-refractivity contribution >= 4 is 19.2 Å². The largest absolute Gasteiger partial charge is 0.469 e. The molecule has 4 heteroatoms. The Hall–Kier alpha value is -1.13. The summed E-state index contributed by atoms with van der Waals surface area (Å²) in [6.07, 6.45) is 3.39. The fraction of sp³-hybridized carbons (Fsp3) is 0.632. The Kier molecular flexibility index (Phi) is 4.40. The molecule has 1 aromatic rings. The number of carbonyl (C=O) groups excluding carboxylic acids is 1. The fourth-order valence-corrected chi connectivity index (χ4v) is 5.66. The highest BCUT2D eigenvalue weighted by molar-refractivity contribution is 6.88. The lowest BCUT2D eigenvalue weighted by Crippen LogP contribution is -2.49. The summed E-state index contributed by atoms with van der Waals surface area (Å²) in [6.45, 7) is 7.11. The lowest BCUT2D eigenvalue weighted by Gasteiger charge is -2.41. The minimum absolute atomic E-state index is 0.0264. The number of esters is 1. The molecule has 0 radical (unpaired) electrons. The van der Waals surface area contributed by atoms with Crippen LogP contribution in [0.2, 0.25) is 19.6 Å². The van der Waals surface area contributed by atoms with Crippen molar-refractivity contribution in [2.45, 2.75) is 56.9 Å². The number of fused-ring (bicyclic) bond motifs is 2. The monoisotopic (exact) mass is 331 g/mol. The van der Waals surface area contributed by atoms with Crippen molar-refractivity contribution in [3.63, 3.8) is 0 Å². The summed E-state index contributed by atoms with van der Waals surface area (Å²) in [7, 11) is 2.42. The lowest BCUT2D eigenvalue weighted by molar-refractivity contribution is -0.150. The van der Waals surface area contributed by atoms with E-state index in [-0.39, 0.29) is 11.9 Å². The van der Waals surface area contributed by atoms with Crippen LogP contribution < -0.4 is 5.19 Å². The van der Waals surface area contributed by atoms with Gasteiger partial charge in [0.05, 0.1) is 21.1 Å². The summed E-state index contributed by atoms with van der Waals surface area (Å²) in [5.74, 6) is 0.231. The zero-order chi connectivity index (χ0) is 16.8. The second kappa shape index (κ2) is 6.06. The maximum absolute atomic E-state index is 12.5. The van der Waals surface area contributed by atoms with E-state index < -0.39 is 8.07 Å². The van der Waals surface area contributed by atoms with Gasteiger partial charge in [0.1, 0.15) is 0 Å². The van der Waals surface area contributed by atoms with Crippen LogP contribution in [0.15, 0.2) is 24.3 Å². The molecule has 23 heavy (non-hydrogen) atoms. The third kappa shape index (κ3) is 2.99. The number of hydrogen-bond acceptors (Lipinski definition) is 3. The Balaban J connectivity index is 1.92. The zero-order valence-corrected chi connectivity index (χ0v) is 16.0. The van der Waals surface area contributed by atoms with Crippen molar-refractivity contribution in [3.05, 3.63) is 29.8 Å². The Bertz CT molecular complexity index is 578. The van der Waals surface area contributed by atoms with Crippen LogP contribution in [0.3, 0.4) is 0 Å². The molecule has 0 amide bonds. The Morgan fingerprint density at radius 1 is 1.17 bits per heavy atom. The minimum Gasteiger partial charge on any atom is -0.469 e. The van der Waals surface area contributed by atoms with Crippen LogP contribution in [0.1, 0.15) is 30.7 Å². The molecule has 3 rings (SSSR count). The zero-order valence-electron chi connectivity index (χ0n) is 15.0. The van der Waals surface area contributed by atoms with E-state index in [1.54, 1.807) is 0 Å². The standard InChI is InChI=1S/C19H29NO2Si/c1-20-14-8-11-17(20)18(19(21)22-2)16(12-14)13-6-9-15(10-7-13)23(3,4)5/h6-7,9-10,14,16-18H,8,11-12H2,1-5H3/t14?,16-,17-,18+/m1/s1. The van der Waals surface area contributed by atoms with Crippen molar-refractivity contribution < 1.29 is 9.53 Å². The first-order chi connectivity index (χ1) is 10.8. The van der Waals surface area contributed by atoms with Gasteiger partial charge in [-0.25, -0.2) is 0 Å². The molecule has 2 fully saturated rings. The SMILES string of the molecule is COC(=O)[C@H]1[C@@H](c2ccc([Si](C)(C)C)cc2)CC2CC[C@H]1N2C. The molecule has 0 spiro atoms. The van der Waals surface area contributed by atoms with Crippen LogP contribution in [-0.4, -0.2) is 45.2 Å². The van der Waals surface area contributed by atoms with Crippen LogP contribution in [0.4, 0.5) is 0 Å². The van der Waals surface area contributed by atoms with Gasteiger partial charge in [-0.1, -0.05) is 49.1 Å². The first-order valence-corrected chi connectivity index (χ1v) is 12.2. The van der Waals surface area contributed by atoms with Gasteiger partial charge in [0.2, 0.25) is 0 Å². The van der Waals surface area contributed by atoms with Gasteiger partial charge >= 0.3 is 5.97 Å². The van der Waals surface area contributed by atoms with Gasteiger partial charge in [-0.15, -0.1) is 0 Å². The third-order valence-electron chi connectivity index (χ3n) is 5.95. The van der Waals surface area contributed by atoms with Gasteiger partial charge in [-0.3, -0.25) is 9.69 Å². The summed E-state index contributed by atoms with van der Waals surface area (Å²) in [4.78, 5) is 14.9. The molecule has 2 heterocycles.